The fourth-order valence-corrected chi connectivity index (χ4v) is 1.28. The molecule has 0 aliphatic heterocycles. The van der Waals surface area contributed by atoms with Crippen LogP contribution in [0.3, 0.4) is 0 Å². The zero-order chi connectivity index (χ0) is 14.3. The number of likely N-dealkylation sites (N-methyl/N-ethyl adjacent to an activating group) is 1. The van der Waals surface area contributed by atoms with E-state index in [9.17, 15) is 24.6 Å². The van der Waals surface area contributed by atoms with Crippen molar-refractivity contribution in [3.05, 3.63) is 12.2 Å². The van der Waals surface area contributed by atoms with E-state index in [1.54, 1.807) is 21.1 Å². The van der Waals surface area contributed by atoms with E-state index in [1.165, 1.54) is 0 Å². The van der Waals surface area contributed by atoms with E-state index in [0.717, 1.165) is 0 Å². The second kappa shape index (κ2) is 6.75. The molecule has 0 aromatic heterocycles. The predicted octanol–water partition coefficient (Wildman–Crippen LogP) is -2.95. The van der Waals surface area contributed by atoms with Gasteiger partial charge in [0.2, 0.25) is 0 Å². The van der Waals surface area contributed by atoms with Crippen LogP contribution in [0, 0.1) is 0 Å². The van der Waals surface area contributed by atoms with Gasteiger partial charge in [0, 0.05) is 18.5 Å². The van der Waals surface area contributed by atoms with Crippen molar-refractivity contribution in [2.24, 2.45) is 0 Å². The normalized spacial score (nSPS) is 13.3. The molecule has 1 atom stereocenters. The lowest BCUT2D eigenvalue weighted by Gasteiger charge is -2.29. The Morgan fingerprint density at radius 3 is 2.11 bits per heavy atom. The van der Waals surface area contributed by atoms with Crippen molar-refractivity contribution in [3.8, 4) is 0 Å². The number of esters is 1. The van der Waals surface area contributed by atoms with E-state index >= 15 is 0 Å². The van der Waals surface area contributed by atoms with E-state index in [-0.39, 0.29) is 6.54 Å². The van der Waals surface area contributed by atoms with Gasteiger partial charge in [0.05, 0.1) is 27.1 Å². The van der Waals surface area contributed by atoms with Gasteiger partial charge in [-0.1, -0.05) is 0 Å². The molecule has 0 rings (SSSR count). The summed E-state index contributed by atoms with van der Waals surface area (Å²) in [5, 5.41) is 20.6. The molecule has 0 heterocycles. The van der Waals surface area contributed by atoms with Gasteiger partial charge in [-0.25, -0.2) is 4.79 Å². The molecule has 0 N–H and O–H groups in total. The maximum atomic E-state index is 11.2. The number of quaternary nitrogens is 1. The second-order valence-corrected chi connectivity index (χ2v) is 4.76. The summed E-state index contributed by atoms with van der Waals surface area (Å²) in [6.45, 7) is 0.263. The highest BCUT2D eigenvalue weighted by Gasteiger charge is 2.21. The van der Waals surface area contributed by atoms with Crippen molar-refractivity contribution >= 4 is 17.9 Å². The highest BCUT2D eigenvalue weighted by atomic mass is 16.5. The van der Waals surface area contributed by atoms with Gasteiger partial charge >= 0.3 is 5.97 Å². The van der Waals surface area contributed by atoms with Crippen molar-refractivity contribution in [3.63, 3.8) is 0 Å². The van der Waals surface area contributed by atoms with E-state index < -0.39 is 30.4 Å². The summed E-state index contributed by atoms with van der Waals surface area (Å²) in [6, 6.07) is 0. The van der Waals surface area contributed by atoms with Gasteiger partial charge < -0.3 is 29.0 Å². The van der Waals surface area contributed by atoms with Crippen LogP contribution in [-0.2, 0) is 19.1 Å². The Balaban J connectivity index is 4.54. The third-order valence-electron chi connectivity index (χ3n) is 1.78. The van der Waals surface area contributed by atoms with Crippen LogP contribution >= 0.6 is 0 Å². The quantitative estimate of drug-likeness (QED) is 0.274. The third-order valence-corrected chi connectivity index (χ3v) is 1.78. The zero-order valence-corrected chi connectivity index (χ0v) is 10.5. The minimum absolute atomic E-state index is 0.263. The number of hydrogen-bond acceptors (Lipinski definition) is 6. The minimum atomic E-state index is -1.53. The predicted molar refractivity (Wildman–Crippen MR) is 56.6 cm³/mol. The average molecular weight is 258 g/mol. The SMILES string of the molecule is C[N+](C)(C)CC(CC(=O)[O-])OC(=O)/C=C/C(=O)[O-]. The Bertz CT molecular complexity index is 355. The second-order valence-electron chi connectivity index (χ2n) is 4.76. The van der Waals surface area contributed by atoms with Gasteiger partial charge in [-0.15, -0.1) is 0 Å². The molecule has 0 saturated heterocycles. The molecule has 0 aliphatic rings. The molecule has 0 amide bonds. The summed E-state index contributed by atoms with van der Waals surface area (Å²) in [7, 11) is 5.40. The Morgan fingerprint density at radius 2 is 1.72 bits per heavy atom. The fraction of sp³-hybridized carbons (Fsp3) is 0.545. The Labute approximate surface area is 105 Å². The van der Waals surface area contributed by atoms with E-state index in [0.29, 0.717) is 16.6 Å². The van der Waals surface area contributed by atoms with Crippen molar-refractivity contribution in [1.29, 1.82) is 0 Å². The van der Waals surface area contributed by atoms with Crippen molar-refractivity contribution in [2.45, 2.75) is 12.5 Å². The van der Waals surface area contributed by atoms with Crippen LogP contribution in [0.1, 0.15) is 6.42 Å². The van der Waals surface area contributed by atoms with Crippen LogP contribution in [0.2, 0.25) is 0 Å². The van der Waals surface area contributed by atoms with Gasteiger partial charge in [0.1, 0.15) is 6.54 Å². The van der Waals surface area contributed by atoms with Crippen LogP contribution < -0.4 is 10.2 Å². The maximum absolute atomic E-state index is 11.2. The van der Waals surface area contributed by atoms with Gasteiger partial charge in [0.25, 0.3) is 0 Å². The monoisotopic (exact) mass is 258 g/mol. The molecule has 0 saturated carbocycles. The van der Waals surface area contributed by atoms with Crippen LogP contribution in [0.15, 0.2) is 12.2 Å². The molecular weight excluding hydrogens is 242 g/mol. The average Bonchev–Trinajstić information content (AvgIpc) is 2.10. The highest BCUT2D eigenvalue weighted by Crippen LogP contribution is 2.05. The number of carboxylic acid groups (broad SMARTS) is 2. The Hall–Kier alpha value is -1.89. The van der Waals surface area contributed by atoms with Crippen LogP contribution in [0.25, 0.3) is 0 Å². The smallest absolute Gasteiger partial charge is 0.331 e. The van der Waals surface area contributed by atoms with Crippen LogP contribution in [0.4, 0.5) is 0 Å². The molecule has 0 spiro atoms. The summed E-state index contributed by atoms with van der Waals surface area (Å²) < 4.78 is 5.22. The largest absolute Gasteiger partial charge is 0.550 e. The molecule has 0 radical (unpaired) electrons. The lowest BCUT2D eigenvalue weighted by Crippen LogP contribution is -2.45. The molecule has 0 aliphatic carbocycles. The molecule has 1 unspecified atom stereocenters. The molecular formula is C11H16NO6-. The first kappa shape index (κ1) is 16.1. The van der Waals surface area contributed by atoms with E-state index in [2.05, 4.69) is 0 Å². The topological polar surface area (TPSA) is 107 Å². The first-order valence-electron chi connectivity index (χ1n) is 5.20. The standard InChI is InChI=1S/C11H17NO6/c1-12(2,3)7-8(6-10(15)16)18-11(17)5-4-9(13)14/h4-5,8H,6-7H2,1-3H3,(H-,13,14,15,16)/p-1/b5-4+. The minimum Gasteiger partial charge on any atom is -0.550 e. The van der Waals surface area contributed by atoms with Gasteiger partial charge in [-0.3, -0.25) is 0 Å². The van der Waals surface area contributed by atoms with Gasteiger partial charge in [0.15, 0.2) is 6.10 Å². The molecule has 0 fully saturated rings. The lowest BCUT2D eigenvalue weighted by molar-refractivity contribution is -0.873. The molecule has 7 nitrogen and oxygen atoms in total. The van der Waals surface area contributed by atoms with Crippen LogP contribution in [0.5, 0.6) is 0 Å². The number of carboxylic acids is 2. The summed E-state index contributed by atoms with van der Waals surface area (Å²) in [6.07, 6.45) is -0.133. The first-order valence-corrected chi connectivity index (χ1v) is 5.20. The molecule has 0 aromatic rings. The number of ether oxygens (including phenoxy) is 1. The highest BCUT2D eigenvalue weighted by molar-refractivity contribution is 5.90. The number of rotatable bonds is 7. The molecule has 18 heavy (non-hydrogen) atoms. The maximum Gasteiger partial charge on any atom is 0.331 e. The summed E-state index contributed by atoms with van der Waals surface area (Å²) in [5.74, 6) is -3.81. The lowest BCUT2D eigenvalue weighted by atomic mass is 10.2. The number of aliphatic carboxylic acids is 2. The summed E-state index contributed by atoms with van der Waals surface area (Å²) >= 11 is 0. The zero-order valence-electron chi connectivity index (χ0n) is 10.5. The fourth-order valence-electron chi connectivity index (χ4n) is 1.28. The van der Waals surface area contributed by atoms with E-state index in [4.69, 9.17) is 4.74 Å². The van der Waals surface area contributed by atoms with Crippen molar-refractivity contribution in [1.82, 2.24) is 0 Å². The van der Waals surface area contributed by atoms with Crippen molar-refractivity contribution < 1.29 is 33.8 Å². The number of carbonyl (C=O) groups excluding carboxylic acids is 3. The Morgan fingerprint density at radius 1 is 1.17 bits per heavy atom. The van der Waals surface area contributed by atoms with E-state index in [1.807, 2.05) is 0 Å². The first-order chi connectivity index (χ1) is 8.10. The molecule has 102 valence electrons. The number of hydrogen-bond donors (Lipinski definition) is 0. The summed E-state index contributed by atoms with van der Waals surface area (Å²) in [4.78, 5) is 31.8. The third kappa shape index (κ3) is 9.34. The number of nitrogens with zero attached hydrogens (tertiary/aromatic N) is 1. The molecule has 7 heteroatoms. The molecule has 0 bridgehead atoms. The number of carbonyl (C=O) groups is 3. The van der Waals surface area contributed by atoms with Crippen LogP contribution in [-0.4, -0.2) is 56.2 Å². The molecule has 0 aromatic carbocycles. The van der Waals surface area contributed by atoms with Gasteiger partial charge in [-0.2, -0.15) is 0 Å². The van der Waals surface area contributed by atoms with Gasteiger partial charge in [-0.05, 0) is 6.08 Å². The summed E-state index contributed by atoms with van der Waals surface area (Å²) in [5.41, 5.74) is 0. The van der Waals surface area contributed by atoms with Crippen molar-refractivity contribution in [2.75, 3.05) is 27.7 Å². The Kier molecular flexibility index (Phi) is 6.04.